The van der Waals surface area contributed by atoms with Crippen LogP contribution in [0, 0.1) is 6.92 Å². The highest BCUT2D eigenvalue weighted by Crippen LogP contribution is 2.23. The first-order valence-electron chi connectivity index (χ1n) is 5.05. The molecule has 76 valence electrons. The van der Waals surface area contributed by atoms with Crippen LogP contribution in [-0.4, -0.2) is 0 Å². The average molecular weight is 189 g/mol. The Labute approximate surface area is 86.6 Å². The van der Waals surface area contributed by atoms with Crippen molar-refractivity contribution in [3.63, 3.8) is 0 Å². The summed E-state index contributed by atoms with van der Waals surface area (Å²) < 4.78 is 0. The van der Waals surface area contributed by atoms with Crippen LogP contribution in [0.3, 0.4) is 0 Å². The molecule has 0 radical (unpaired) electrons. The summed E-state index contributed by atoms with van der Waals surface area (Å²) in [6.45, 7) is 8.47. The van der Waals surface area contributed by atoms with Crippen molar-refractivity contribution in [1.29, 1.82) is 0 Å². The van der Waals surface area contributed by atoms with Gasteiger partial charge in [0, 0.05) is 5.70 Å². The third kappa shape index (κ3) is 2.38. The minimum absolute atomic E-state index is 0.542. The van der Waals surface area contributed by atoms with Gasteiger partial charge >= 0.3 is 0 Å². The molecule has 0 heterocycles. The molecular formula is C13H19N. The largest absolute Gasteiger partial charge is 0.402 e. The molecular weight excluding hydrogens is 170 g/mol. The number of hydrogen-bond acceptors (Lipinski definition) is 1. The third-order valence-electron chi connectivity index (χ3n) is 2.35. The molecule has 14 heavy (non-hydrogen) atoms. The smallest absolute Gasteiger partial charge is 0.00550 e. The van der Waals surface area contributed by atoms with Gasteiger partial charge in [0.05, 0.1) is 0 Å². The Hall–Kier alpha value is -1.24. The lowest BCUT2D eigenvalue weighted by atomic mass is 9.93. The van der Waals surface area contributed by atoms with Crippen LogP contribution in [0.1, 0.15) is 43.4 Å². The number of benzene rings is 1. The van der Waals surface area contributed by atoms with Gasteiger partial charge < -0.3 is 5.73 Å². The Kier molecular flexibility index (Phi) is 3.34. The molecule has 0 fully saturated rings. The van der Waals surface area contributed by atoms with Crippen molar-refractivity contribution in [1.82, 2.24) is 0 Å². The van der Waals surface area contributed by atoms with Gasteiger partial charge in [-0.25, -0.2) is 0 Å². The highest BCUT2D eigenvalue weighted by molar-refractivity contribution is 5.60. The van der Waals surface area contributed by atoms with E-state index in [4.69, 9.17) is 5.73 Å². The summed E-state index contributed by atoms with van der Waals surface area (Å²) in [4.78, 5) is 0. The normalized spacial score (nSPS) is 12.2. The lowest BCUT2D eigenvalue weighted by molar-refractivity contribution is 0.861. The molecule has 1 nitrogen and oxygen atoms in total. The lowest BCUT2D eigenvalue weighted by Crippen LogP contribution is -1.97. The van der Waals surface area contributed by atoms with Crippen LogP contribution in [0.25, 0.3) is 6.08 Å². The van der Waals surface area contributed by atoms with Crippen LogP contribution in [0.15, 0.2) is 23.9 Å². The van der Waals surface area contributed by atoms with E-state index in [1.807, 2.05) is 6.92 Å². The minimum Gasteiger partial charge on any atom is -0.402 e. The maximum atomic E-state index is 5.72. The van der Waals surface area contributed by atoms with E-state index in [0.29, 0.717) is 5.92 Å². The SMILES string of the molecule is C/C(N)=C\c1c(C)cccc1C(C)C. The van der Waals surface area contributed by atoms with Crippen LogP contribution in [0.2, 0.25) is 0 Å². The Morgan fingerprint density at radius 1 is 1.36 bits per heavy atom. The fourth-order valence-corrected chi connectivity index (χ4v) is 1.63. The molecule has 0 aliphatic heterocycles. The molecule has 0 spiro atoms. The van der Waals surface area contributed by atoms with Gasteiger partial charge in [-0.15, -0.1) is 0 Å². The molecule has 0 atom stereocenters. The zero-order valence-electron chi connectivity index (χ0n) is 9.46. The Morgan fingerprint density at radius 3 is 2.50 bits per heavy atom. The van der Waals surface area contributed by atoms with E-state index < -0.39 is 0 Å². The molecule has 1 rings (SSSR count). The van der Waals surface area contributed by atoms with Crippen molar-refractivity contribution < 1.29 is 0 Å². The van der Waals surface area contributed by atoms with Crippen LogP contribution in [0.4, 0.5) is 0 Å². The van der Waals surface area contributed by atoms with Gasteiger partial charge in [-0.3, -0.25) is 0 Å². The molecule has 1 aromatic carbocycles. The van der Waals surface area contributed by atoms with Crippen molar-refractivity contribution in [3.8, 4) is 0 Å². The number of hydrogen-bond donors (Lipinski definition) is 1. The Morgan fingerprint density at radius 2 is 2.00 bits per heavy atom. The molecule has 0 aliphatic carbocycles. The molecule has 1 aromatic rings. The fraction of sp³-hybridized carbons (Fsp3) is 0.385. The van der Waals surface area contributed by atoms with Gasteiger partial charge in [-0.05, 0) is 42.5 Å². The van der Waals surface area contributed by atoms with Gasteiger partial charge in [-0.2, -0.15) is 0 Å². The molecule has 0 bridgehead atoms. The average Bonchev–Trinajstić information content (AvgIpc) is 2.07. The van der Waals surface area contributed by atoms with E-state index in [0.717, 1.165) is 5.70 Å². The van der Waals surface area contributed by atoms with Gasteiger partial charge in [0.15, 0.2) is 0 Å². The van der Waals surface area contributed by atoms with E-state index >= 15 is 0 Å². The van der Waals surface area contributed by atoms with E-state index in [1.54, 1.807) is 0 Å². The first kappa shape index (κ1) is 10.8. The van der Waals surface area contributed by atoms with Crippen LogP contribution >= 0.6 is 0 Å². The molecule has 2 N–H and O–H groups in total. The monoisotopic (exact) mass is 189 g/mol. The molecule has 0 saturated heterocycles. The summed E-state index contributed by atoms with van der Waals surface area (Å²) in [6, 6.07) is 6.40. The second kappa shape index (κ2) is 4.32. The summed E-state index contributed by atoms with van der Waals surface area (Å²) in [5.41, 5.74) is 10.5. The second-order valence-corrected chi connectivity index (χ2v) is 4.12. The Bertz CT molecular complexity index is 344. The van der Waals surface area contributed by atoms with E-state index in [2.05, 4.69) is 45.0 Å². The third-order valence-corrected chi connectivity index (χ3v) is 2.35. The van der Waals surface area contributed by atoms with Crippen LogP contribution < -0.4 is 5.73 Å². The molecule has 1 heteroatoms. The maximum absolute atomic E-state index is 5.72. The molecule has 0 saturated carbocycles. The quantitative estimate of drug-likeness (QED) is 0.757. The van der Waals surface area contributed by atoms with Gasteiger partial charge in [-0.1, -0.05) is 32.0 Å². The first-order valence-corrected chi connectivity index (χ1v) is 5.05. The van der Waals surface area contributed by atoms with Crippen molar-refractivity contribution in [2.45, 2.75) is 33.6 Å². The molecule has 0 amide bonds. The summed E-state index contributed by atoms with van der Waals surface area (Å²) in [6.07, 6.45) is 2.06. The van der Waals surface area contributed by atoms with E-state index in [-0.39, 0.29) is 0 Å². The highest BCUT2D eigenvalue weighted by atomic mass is 14.5. The second-order valence-electron chi connectivity index (χ2n) is 4.12. The van der Waals surface area contributed by atoms with Crippen molar-refractivity contribution in [2.75, 3.05) is 0 Å². The number of nitrogens with two attached hydrogens (primary N) is 1. The first-order chi connectivity index (χ1) is 6.52. The zero-order chi connectivity index (χ0) is 10.7. The molecule has 0 aliphatic rings. The lowest BCUT2D eigenvalue weighted by Gasteiger charge is -2.12. The summed E-state index contributed by atoms with van der Waals surface area (Å²) >= 11 is 0. The van der Waals surface area contributed by atoms with Gasteiger partial charge in [0.1, 0.15) is 0 Å². The van der Waals surface area contributed by atoms with Crippen molar-refractivity contribution >= 4 is 6.08 Å². The fourth-order valence-electron chi connectivity index (χ4n) is 1.63. The van der Waals surface area contributed by atoms with E-state index in [9.17, 15) is 0 Å². The zero-order valence-corrected chi connectivity index (χ0v) is 9.46. The predicted octanol–water partition coefficient (Wildman–Crippen LogP) is 3.44. The molecule has 0 aromatic heterocycles. The van der Waals surface area contributed by atoms with Crippen LogP contribution in [-0.2, 0) is 0 Å². The predicted molar refractivity (Wildman–Crippen MR) is 63.1 cm³/mol. The number of allylic oxidation sites excluding steroid dienone is 1. The van der Waals surface area contributed by atoms with Crippen LogP contribution in [0.5, 0.6) is 0 Å². The topological polar surface area (TPSA) is 26.0 Å². The minimum atomic E-state index is 0.542. The highest BCUT2D eigenvalue weighted by Gasteiger charge is 2.06. The summed E-state index contributed by atoms with van der Waals surface area (Å²) in [5, 5.41) is 0. The maximum Gasteiger partial charge on any atom is 0.00550 e. The number of aryl methyl sites for hydroxylation is 1. The van der Waals surface area contributed by atoms with Crippen molar-refractivity contribution in [2.24, 2.45) is 5.73 Å². The molecule has 0 unspecified atom stereocenters. The Balaban J connectivity index is 3.30. The summed E-state index contributed by atoms with van der Waals surface area (Å²) in [7, 11) is 0. The summed E-state index contributed by atoms with van der Waals surface area (Å²) in [5.74, 6) is 0.542. The number of rotatable bonds is 2. The van der Waals surface area contributed by atoms with Gasteiger partial charge in [0.25, 0.3) is 0 Å². The van der Waals surface area contributed by atoms with Crippen molar-refractivity contribution in [3.05, 3.63) is 40.6 Å². The van der Waals surface area contributed by atoms with Gasteiger partial charge in [0.2, 0.25) is 0 Å². The van der Waals surface area contributed by atoms with E-state index in [1.165, 1.54) is 16.7 Å². The standard InChI is InChI=1S/C13H19N/c1-9(2)12-7-5-6-10(3)13(12)8-11(4)14/h5-9H,14H2,1-4H3/b11-8+.